The minimum atomic E-state index is 0.389. The minimum Gasteiger partial charge on any atom is -0.379 e. The van der Waals surface area contributed by atoms with E-state index in [-0.39, 0.29) is 0 Å². The number of hydrogen-bond acceptors (Lipinski definition) is 4. The predicted molar refractivity (Wildman–Crippen MR) is 83.8 cm³/mol. The van der Waals surface area contributed by atoms with Crippen molar-refractivity contribution in [3.05, 3.63) is 30.0 Å². The first-order chi connectivity index (χ1) is 10.2. The van der Waals surface area contributed by atoms with Crippen molar-refractivity contribution in [2.24, 2.45) is 11.8 Å². The molecule has 1 N–H and O–H groups in total. The highest BCUT2D eigenvalue weighted by molar-refractivity contribution is 5.92. The van der Waals surface area contributed by atoms with Crippen LogP contribution in [-0.4, -0.2) is 16.2 Å². The fraction of sp³-hybridized carbons (Fsp3) is 0.471. The molecule has 4 nitrogen and oxygen atoms in total. The van der Waals surface area contributed by atoms with Crippen LogP contribution in [0.4, 0.5) is 5.69 Å². The number of benzene rings is 1. The zero-order chi connectivity index (χ0) is 14.8. The third-order valence-electron chi connectivity index (χ3n) is 4.72. The molecule has 1 fully saturated rings. The molecular formula is C17H20N4. The second kappa shape index (κ2) is 5.69. The SMILES string of the molecule is CC1CCC(Nc2c(C#N)nnc3ccccc23)CC1C. The second-order valence-electron chi connectivity index (χ2n) is 6.16. The molecule has 0 amide bonds. The Morgan fingerprint density at radius 3 is 2.71 bits per heavy atom. The lowest BCUT2D eigenvalue weighted by molar-refractivity contribution is 0.261. The molecule has 1 aromatic carbocycles. The average Bonchev–Trinajstić information content (AvgIpc) is 2.51. The van der Waals surface area contributed by atoms with E-state index in [2.05, 4.69) is 35.4 Å². The lowest BCUT2D eigenvalue weighted by Gasteiger charge is -2.33. The van der Waals surface area contributed by atoms with Crippen LogP contribution in [0.3, 0.4) is 0 Å². The number of nitriles is 1. The maximum Gasteiger partial charge on any atom is 0.186 e. The zero-order valence-electron chi connectivity index (χ0n) is 12.5. The van der Waals surface area contributed by atoms with Crippen LogP contribution in [0.15, 0.2) is 24.3 Å². The van der Waals surface area contributed by atoms with E-state index in [1.54, 1.807) is 0 Å². The summed E-state index contributed by atoms with van der Waals surface area (Å²) in [6.07, 6.45) is 3.52. The molecule has 3 unspecified atom stereocenters. The summed E-state index contributed by atoms with van der Waals surface area (Å²) in [6.45, 7) is 4.64. The number of rotatable bonds is 2. The quantitative estimate of drug-likeness (QED) is 0.910. The van der Waals surface area contributed by atoms with Crippen LogP contribution in [0.1, 0.15) is 38.8 Å². The van der Waals surface area contributed by atoms with Crippen LogP contribution in [0.25, 0.3) is 10.9 Å². The zero-order valence-corrected chi connectivity index (χ0v) is 12.5. The van der Waals surface area contributed by atoms with Gasteiger partial charge in [-0.25, -0.2) is 0 Å². The van der Waals surface area contributed by atoms with Crippen molar-refractivity contribution >= 4 is 16.6 Å². The number of aromatic nitrogens is 2. The first-order valence-electron chi connectivity index (χ1n) is 7.61. The van der Waals surface area contributed by atoms with Gasteiger partial charge in [-0.05, 0) is 37.2 Å². The van der Waals surface area contributed by atoms with Gasteiger partial charge in [-0.1, -0.05) is 32.0 Å². The first kappa shape index (κ1) is 13.8. The van der Waals surface area contributed by atoms with Crippen LogP contribution in [0, 0.1) is 23.2 Å². The van der Waals surface area contributed by atoms with Gasteiger partial charge in [-0.3, -0.25) is 0 Å². The molecule has 0 spiro atoms. The van der Waals surface area contributed by atoms with E-state index in [9.17, 15) is 5.26 Å². The van der Waals surface area contributed by atoms with Crippen molar-refractivity contribution in [2.75, 3.05) is 5.32 Å². The Labute approximate surface area is 125 Å². The third kappa shape index (κ3) is 2.69. The van der Waals surface area contributed by atoms with E-state index in [4.69, 9.17) is 0 Å². The fourth-order valence-corrected chi connectivity index (χ4v) is 3.16. The van der Waals surface area contributed by atoms with Crippen LogP contribution < -0.4 is 5.32 Å². The standard InChI is InChI=1S/C17H20N4/c1-11-7-8-13(9-12(11)2)19-17-14-5-3-4-6-15(14)20-21-16(17)10-18/h3-6,11-13H,7-9H2,1-2H3,(H,19,20). The van der Waals surface area contributed by atoms with Gasteiger partial charge in [0.05, 0.1) is 11.2 Å². The van der Waals surface area contributed by atoms with Gasteiger partial charge in [0.2, 0.25) is 0 Å². The van der Waals surface area contributed by atoms with Crippen molar-refractivity contribution in [3.8, 4) is 6.07 Å². The summed E-state index contributed by atoms with van der Waals surface area (Å²) >= 11 is 0. The van der Waals surface area contributed by atoms with E-state index < -0.39 is 0 Å². The Balaban J connectivity index is 1.94. The summed E-state index contributed by atoms with van der Waals surface area (Å²) in [7, 11) is 0. The van der Waals surface area contributed by atoms with E-state index in [0.717, 1.165) is 35.3 Å². The van der Waals surface area contributed by atoms with Crippen LogP contribution >= 0.6 is 0 Å². The molecule has 1 aromatic heterocycles. The Morgan fingerprint density at radius 1 is 1.14 bits per heavy atom. The van der Waals surface area contributed by atoms with Crippen LogP contribution in [0.5, 0.6) is 0 Å². The molecule has 21 heavy (non-hydrogen) atoms. The Kier molecular flexibility index (Phi) is 3.74. The molecule has 1 aliphatic rings. The van der Waals surface area contributed by atoms with Crippen LogP contribution in [0.2, 0.25) is 0 Å². The maximum absolute atomic E-state index is 9.31. The Bertz CT molecular complexity index is 689. The molecule has 0 aliphatic heterocycles. The van der Waals surface area contributed by atoms with Gasteiger partial charge in [0.1, 0.15) is 6.07 Å². The fourth-order valence-electron chi connectivity index (χ4n) is 3.16. The maximum atomic E-state index is 9.31. The summed E-state index contributed by atoms with van der Waals surface area (Å²) < 4.78 is 0. The van der Waals surface area contributed by atoms with Crippen molar-refractivity contribution < 1.29 is 0 Å². The summed E-state index contributed by atoms with van der Waals surface area (Å²) in [5.74, 6) is 1.49. The van der Waals surface area contributed by atoms with Gasteiger partial charge >= 0.3 is 0 Å². The lowest BCUT2D eigenvalue weighted by Crippen LogP contribution is -2.30. The summed E-state index contributed by atoms with van der Waals surface area (Å²) in [5, 5.41) is 22.0. The number of nitrogens with one attached hydrogen (secondary N) is 1. The van der Waals surface area contributed by atoms with E-state index in [1.165, 1.54) is 6.42 Å². The molecule has 3 atom stereocenters. The van der Waals surface area contributed by atoms with Gasteiger partial charge in [-0.15, -0.1) is 10.2 Å². The number of fused-ring (bicyclic) bond motifs is 1. The molecule has 108 valence electrons. The van der Waals surface area contributed by atoms with Gasteiger partial charge in [0.15, 0.2) is 5.69 Å². The van der Waals surface area contributed by atoms with E-state index >= 15 is 0 Å². The average molecular weight is 280 g/mol. The number of nitrogens with zero attached hydrogens (tertiary/aromatic N) is 3. The first-order valence-corrected chi connectivity index (χ1v) is 7.61. The molecule has 1 saturated carbocycles. The summed E-state index contributed by atoms with van der Waals surface area (Å²) in [6, 6.07) is 10.4. The van der Waals surface area contributed by atoms with Crippen molar-refractivity contribution in [1.29, 1.82) is 5.26 Å². The predicted octanol–water partition coefficient (Wildman–Crippen LogP) is 3.74. The monoisotopic (exact) mass is 280 g/mol. The normalized spacial score (nSPS) is 25.5. The largest absolute Gasteiger partial charge is 0.379 e. The molecular weight excluding hydrogens is 260 g/mol. The Morgan fingerprint density at radius 2 is 1.95 bits per heavy atom. The third-order valence-corrected chi connectivity index (χ3v) is 4.72. The molecule has 4 heteroatoms. The van der Waals surface area contributed by atoms with Gasteiger partial charge in [-0.2, -0.15) is 5.26 Å². The van der Waals surface area contributed by atoms with Crippen LogP contribution in [-0.2, 0) is 0 Å². The molecule has 1 aliphatic carbocycles. The minimum absolute atomic E-state index is 0.389. The number of hydrogen-bond donors (Lipinski definition) is 1. The highest BCUT2D eigenvalue weighted by atomic mass is 15.1. The second-order valence-corrected chi connectivity index (χ2v) is 6.16. The van der Waals surface area contributed by atoms with Gasteiger partial charge in [0.25, 0.3) is 0 Å². The van der Waals surface area contributed by atoms with Gasteiger partial charge < -0.3 is 5.32 Å². The highest BCUT2D eigenvalue weighted by Gasteiger charge is 2.25. The summed E-state index contributed by atoms with van der Waals surface area (Å²) in [5.41, 5.74) is 2.06. The summed E-state index contributed by atoms with van der Waals surface area (Å²) in [4.78, 5) is 0. The smallest absolute Gasteiger partial charge is 0.186 e. The molecule has 2 aromatic rings. The molecule has 1 heterocycles. The molecule has 0 bridgehead atoms. The van der Waals surface area contributed by atoms with Crippen molar-refractivity contribution in [2.45, 2.75) is 39.2 Å². The number of anilines is 1. The molecule has 0 radical (unpaired) electrons. The highest BCUT2D eigenvalue weighted by Crippen LogP contribution is 2.33. The topological polar surface area (TPSA) is 61.6 Å². The van der Waals surface area contributed by atoms with Gasteiger partial charge in [0, 0.05) is 11.4 Å². The van der Waals surface area contributed by atoms with E-state index in [0.29, 0.717) is 17.7 Å². The van der Waals surface area contributed by atoms with E-state index in [1.807, 2.05) is 24.3 Å². The van der Waals surface area contributed by atoms with Crippen molar-refractivity contribution in [1.82, 2.24) is 10.2 Å². The molecule has 3 rings (SSSR count). The van der Waals surface area contributed by atoms with Crippen molar-refractivity contribution in [3.63, 3.8) is 0 Å². The Hall–Kier alpha value is -2.15. The lowest BCUT2D eigenvalue weighted by atomic mass is 9.79. The molecule has 0 saturated heterocycles.